The minimum atomic E-state index is 0.398. The van der Waals surface area contributed by atoms with Gasteiger partial charge in [-0.3, -0.25) is 0 Å². The van der Waals surface area contributed by atoms with Crippen molar-refractivity contribution in [2.45, 2.75) is 13.5 Å². The van der Waals surface area contributed by atoms with E-state index in [0.717, 1.165) is 11.3 Å². The number of rotatable bonds is 4. The van der Waals surface area contributed by atoms with Crippen LogP contribution in [0.1, 0.15) is 11.3 Å². The number of nitrogens with zero attached hydrogens (tertiary/aromatic N) is 2. The zero-order chi connectivity index (χ0) is 13.9. The zero-order valence-electron chi connectivity index (χ0n) is 10.9. The summed E-state index contributed by atoms with van der Waals surface area (Å²) in [5.41, 5.74) is 1.07. The van der Waals surface area contributed by atoms with Gasteiger partial charge in [0.15, 0.2) is 10.9 Å². The Morgan fingerprint density at radius 1 is 1.20 bits per heavy atom. The van der Waals surface area contributed by atoms with Gasteiger partial charge in [-0.05, 0) is 18.6 Å². The summed E-state index contributed by atoms with van der Waals surface area (Å²) >= 11 is 6.25. The number of halogens is 1. The first-order valence-corrected chi connectivity index (χ1v) is 6.59. The van der Waals surface area contributed by atoms with Gasteiger partial charge in [0.05, 0.1) is 6.20 Å². The Labute approximate surface area is 121 Å². The second-order valence-corrected chi connectivity index (χ2v) is 4.73. The molecule has 0 amide bonds. The van der Waals surface area contributed by atoms with Gasteiger partial charge in [0.25, 0.3) is 0 Å². The van der Waals surface area contributed by atoms with Gasteiger partial charge in [-0.2, -0.15) is 9.78 Å². The van der Waals surface area contributed by atoms with Crippen molar-refractivity contribution in [3.63, 3.8) is 0 Å². The number of benzene rings is 1. The zero-order valence-corrected chi connectivity index (χ0v) is 11.7. The Balaban J connectivity index is 1.77. The van der Waals surface area contributed by atoms with E-state index in [2.05, 4.69) is 5.10 Å². The second kappa shape index (κ2) is 5.43. The number of ether oxygens (including phenoxy) is 1. The predicted octanol–water partition coefficient (Wildman–Crippen LogP) is 4.01. The number of furan rings is 1. The molecule has 1 aromatic carbocycles. The molecule has 20 heavy (non-hydrogen) atoms. The highest BCUT2D eigenvalue weighted by Gasteiger charge is 2.13. The largest absolute Gasteiger partial charge is 0.484 e. The van der Waals surface area contributed by atoms with Gasteiger partial charge >= 0.3 is 0 Å². The molecule has 0 spiro atoms. The van der Waals surface area contributed by atoms with Gasteiger partial charge in [-0.15, -0.1) is 0 Å². The summed E-state index contributed by atoms with van der Waals surface area (Å²) in [5, 5.41) is 4.58. The second-order valence-electron chi connectivity index (χ2n) is 4.37. The van der Waals surface area contributed by atoms with Gasteiger partial charge in [-0.1, -0.05) is 41.9 Å². The molecule has 0 aliphatic carbocycles. The molecule has 0 N–H and O–H groups in total. The molecule has 2 aromatic heterocycles. The van der Waals surface area contributed by atoms with Crippen molar-refractivity contribution in [2.75, 3.05) is 0 Å². The average molecular weight is 289 g/mol. The van der Waals surface area contributed by atoms with E-state index in [4.69, 9.17) is 20.8 Å². The first-order valence-electron chi connectivity index (χ1n) is 6.21. The van der Waals surface area contributed by atoms with Gasteiger partial charge in [0.2, 0.25) is 5.88 Å². The van der Waals surface area contributed by atoms with E-state index in [1.54, 1.807) is 6.20 Å². The van der Waals surface area contributed by atoms with Crippen molar-refractivity contribution in [3.8, 4) is 11.6 Å². The molecular formula is C15H13ClN2O2. The first-order chi connectivity index (χ1) is 9.74. The highest BCUT2D eigenvalue weighted by molar-refractivity contribution is 6.31. The maximum Gasteiger partial charge on any atom is 0.221 e. The van der Waals surface area contributed by atoms with Crippen LogP contribution in [0.25, 0.3) is 5.88 Å². The number of aryl methyl sites for hydroxylation is 1. The van der Waals surface area contributed by atoms with Crippen LogP contribution in [0.3, 0.4) is 0 Å². The van der Waals surface area contributed by atoms with Crippen molar-refractivity contribution in [2.24, 2.45) is 0 Å². The lowest BCUT2D eigenvalue weighted by Gasteiger charge is -2.04. The van der Waals surface area contributed by atoms with Crippen LogP contribution in [0.4, 0.5) is 0 Å². The van der Waals surface area contributed by atoms with Gasteiger partial charge in [0, 0.05) is 6.07 Å². The summed E-state index contributed by atoms with van der Waals surface area (Å²) in [6.45, 7) is 2.32. The third-order valence-electron chi connectivity index (χ3n) is 2.85. The maximum absolute atomic E-state index is 6.25. The van der Waals surface area contributed by atoms with E-state index in [1.165, 1.54) is 4.68 Å². The maximum atomic E-state index is 6.25. The van der Waals surface area contributed by atoms with E-state index in [1.807, 2.05) is 49.4 Å². The van der Waals surface area contributed by atoms with E-state index in [9.17, 15) is 0 Å². The van der Waals surface area contributed by atoms with Crippen LogP contribution >= 0.6 is 11.6 Å². The molecule has 4 nitrogen and oxygen atoms in total. The summed E-state index contributed by atoms with van der Waals surface area (Å²) in [6.07, 6.45) is 1.59. The molecule has 0 saturated carbocycles. The van der Waals surface area contributed by atoms with Gasteiger partial charge < -0.3 is 9.15 Å². The van der Waals surface area contributed by atoms with Crippen molar-refractivity contribution >= 4 is 11.6 Å². The summed E-state index contributed by atoms with van der Waals surface area (Å²) in [6, 6.07) is 13.6. The molecule has 0 unspecified atom stereocenters. The summed E-state index contributed by atoms with van der Waals surface area (Å²) in [7, 11) is 0. The van der Waals surface area contributed by atoms with Crippen LogP contribution < -0.4 is 4.74 Å². The number of hydrogen-bond donors (Lipinski definition) is 0. The molecule has 0 aliphatic rings. The van der Waals surface area contributed by atoms with Crippen molar-refractivity contribution in [1.82, 2.24) is 9.78 Å². The normalized spacial score (nSPS) is 10.7. The quantitative estimate of drug-likeness (QED) is 0.728. The van der Waals surface area contributed by atoms with E-state index < -0.39 is 0 Å². The summed E-state index contributed by atoms with van der Waals surface area (Å²) < 4.78 is 12.7. The Bertz CT molecular complexity index is 704. The van der Waals surface area contributed by atoms with Gasteiger partial charge in [-0.25, -0.2) is 0 Å². The van der Waals surface area contributed by atoms with Gasteiger partial charge in [0.1, 0.15) is 12.4 Å². The van der Waals surface area contributed by atoms with Crippen LogP contribution in [0.2, 0.25) is 5.15 Å². The molecule has 0 atom stereocenters. The van der Waals surface area contributed by atoms with E-state index in [0.29, 0.717) is 23.4 Å². The third kappa shape index (κ3) is 2.56. The topological polar surface area (TPSA) is 40.2 Å². The molecule has 3 aromatic rings. The summed E-state index contributed by atoms with van der Waals surface area (Å²) in [5.74, 6) is 1.91. The lowest BCUT2D eigenvalue weighted by atomic mass is 10.2. The fraction of sp³-hybridized carbons (Fsp3) is 0.133. The predicted molar refractivity (Wildman–Crippen MR) is 76.4 cm³/mol. The highest BCUT2D eigenvalue weighted by atomic mass is 35.5. The van der Waals surface area contributed by atoms with E-state index >= 15 is 0 Å². The summed E-state index contributed by atoms with van der Waals surface area (Å²) in [4.78, 5) is 0. The average Bonchev–Trinajstić information content (AvgIpc) is 3.04. The molecule has 0 saturated heterocycles. The standard InChI is InChI=1S/C15H13ClN2O2/c1-11-7-8-14(20-11)18-15(16)13(9-17-18)19-10-12-5-3-2-4-6-12/h2-9H,10H2,1H3. The smallest absolute Gasteiger partial charge is 0.221 e. The number of hydrogen-bond acceptors (Lipinski definition) is 3. The van der Waals surface area contributed by atoms with E-state index in [-0.39, 0.29) is 0 Å². The Morgan fingerprint density at radius 3 is 2.70 bits per heavy atom. The van der Waals surface area contributed by atoms with Crippen LogP contribution in [-0.4, -0.2) is 9.78 Å². The Morgan fingerprint density at radius 2 is 2.00 bits per heavy atom. The molecule has 0 bridgehead atoms. The fourth-order valence-electron chi connectivity index (χ4n) is 1.84. The van der Waals surface area contributed by atoms with Crippen LogP contribution in [0.5, 0.6) is 5.75 Å². The minimum Gasteiger partial charge on any atom is -0.484 e. The third-order valence-corrected chi connectivity index (χ3v) is 3.20. The Kier molecular flexibility index (Phi) is 3.48. The molecule has 0 radical (unpaired) electrons. The van der Waals surface area contributed by atoms with Crippen molar-refractivity contribution < 1.29 is 9.15 Å². The molecule has 0 fully saturated rings. The molecule has 2 heterocycles. The molecular weight excluding hydrogens is 276 g/mol. The Hall–Kier alpha value is -2.20. The molecule has 5 heteroatoms. The van der Waals surface area contributed by atoms with Crippen LogP contribution in [0.15, 0.2) is 53.1 Å². The van der Waals surface area contributed by atoms with Crippen LogP contribution in [0, 0.1) is 6.92 Å². The highest BCUT2D eigenvalue weighted by Crippen LogP contribution is 2.28. The molecule has 102 valence electrons. The SMILES string of the molecule is Cc1ccc(-n2ncc(OCc3ccccc3)c2Cl)o1. The fourth-order valence-corrected chi connectivity index (χ4v) is 2.07. The minimum absolute atomic E-state index is 0.398. The lowest BCUT2D eigenvalue weighted by molar-refractivity contribution is 0.306. The van der Waals surface area contributed by atoms with Crippen molar-refractivity contribution in [3.05, 3.63) is 65.1 Å². The van der Waals surface area contributed by atoms with Crippen molar-refractivity contribution in [1.29, 1.82) is 0 Å². The first kappa shape index (κ1) is 12.8. The monoisotopic (exact) mass is 288 g/mol. The molecule has 3 rings (SSSR count). The lowest BCUT2D eigenvalue weighted by Crippen LogP contribution is -1.96. The number of aromatic nitrogens is 2. The van der Waals surface area contributed by atoms with Crippen LogP contribution in [-0.2, 0) is 6.61 Å². The molecule has 0 aliphatic heterocycles.